The van der Waals surface area contributed by atoms with E-state index < -0.39 is 15.0 Å². The Labute approximate surface area is 191 Å². The van der Waals surface area contributed by atoms with Gasteiger partial charge in [-0.1, -0.05) is 42.5 Å². The van der Waals surface area contributed by atoms with Crippen molar-refractivity contribution in [2.24, 2.45) is 0 Å². The first kappa shape index (κ1) is 22.2. The molecule has 0 radical (unpaired) electrons. The van der Waals surface area contributed by atoms with Crippen LogP contribution in [0.1, 0.15) is 27.9 Å². The van der Waals surface area contributed by atoms with Crippen LogP contribution in [0.25, 0.3) is 21.8 Å². The van der Waals surface area contributed by atoms with E-state index in [1.165, 1.54) is 0 Å². The molecule has 1 heterocycles. The van der Waals surface area contributed by atoms with Gasteiger partial charge in [0.2, 0.25) is 20.1 Å². The summed E-state index contributed by atoms with van der Waals surface area (Å²) in [6, 6.07) is 20.9. The maximum atomic E-state index is 13.5. The lowest BCUT2D eigenvalue weighted by molar-refractivity contribution is -0.645. The fraction of sp³-hybridized carbons (Fsp3) is 0.200. The van der Waals surface area contributed by atoms with Crippen molar-refractivity contribution in [3.8, 4) is 5.75 Å². The molecule has 0 N–H and O–H groups in total. The molecule has 0 fully saturated rings. The summed E-state index contributed by atoms with van der Waals surface area (Å²) in [5, 5.41) is 1.49. The number of carbonyl (C=O) groups is 1. The molecule has 0 aliphatic carbocycles. The summed E-state index contributed by atoms with van der Waals surface area (Å²) in [4.78, 5) is 13.5. The first-order chi connectivity index (χ1) is 15.3. The second-order valence-electron chi connectivity index (χ2n) is 7.77. The maximum Gasteiger partial charge on any atom is 0.345 e. The fourth-order valence-electron chi connectivity index (χ4n) is 4.08. The SMILES string of the molecule is Cc1cccc(C)c1OC(=O)c1c2ccccc2[n+](CCCS(=O)(=O)Cl)c2ccccc12. The molecule has 0 aliphatic rings. The van der Waals surface area contributed by atoms with Crippen molar-refractivity contribution in [2.45, 2.75) is 26.8 Å². The van der Waals surface area contributed by atoms with Crippen LogP contribution in [0.3, 0.4) is 0 Å². The van der Waals surface area contributed by atoms with Crippen LogP contribution in [-0.2, 0) is 15.6 Å². The minimum Gasteiger partial charge on any atom is -0.422 e. The van der Waals surface area contributed by atoms with Gasteiger partial charge in [-0.15, -0.1) is 0 Å². The predicted molar refractivity (Wildman–Crippen MR) is 127 cm³/mol. The van der Waals surface area contributed by atoms with Gasteiger partial charge in [0.15, 0.2) is 6.54 Å². The highest BCUT2D eigenvalue weighted by Crippen LogP contribution is 2.29. The fourth-order valence-corrected chi connectivity index (χ4v) is 4.88. The van der Waals surface area contributed by atoms with E-state index in [1.807, 2.05) is 85.1 Å². The van der Waals surface area contributed by atoms with Crippen molar-refractivity contribution in [1.29, 1.82) is 0 Å². The Morgan fingerprint density at radius 2 is 1.41 bits per heavy atom. The third kappa shape index (κ3) is 4.47. The zero-order valence-electron chi connectivity index (χ0n) is 17.8. The Balaban J connectivity index is 1.88. The number of para-hydroxylation sites is 3. The maximum absolute atomic E-state index is 13.5. The Kier molecular flexibility index (Phi) is 6.17. The summed E-state index contributed by atoms with van der Waals surface area (Å²) in [5.74, 6) is 0.0144. The average molecular weight is 469 g/mol. The van der Waals surface area contributed by atoms with Gasteiger partial charge in [0, 0.05) is 29.2 Å². The number of pyridine rings is 1. The smallest absolute Gasteiger partial charge is 0.345 e. The molecule has 164 valence electrons. The zero-order chi connectivity index (χ0) is 22.9. The van der Waals surface area contributed by atoms with Gasteiger partial charge in [0.25, 0.3) is 0 Å². The Bertz CT molecular complexity index is 1370. The molecule has 0 amide bonds. The van der Waals surface area contributed by atoms with E-state index in [0.29, 0.717) is 24.3 Å². The van der Waals surface area contributed by atoms with Crippen LogP contribution in [0.15, 0.2) is 66.7 Å². The molecule has 0 bridgehead atoms. The predicted octanol–water partition coefficient (Wildman–Crippen LogP) is 5.08. The number of aryl methyl sites for hydroxylation is 3. The van der Waals surface area contributed by atoms with Crippen molar-refractivity contribution in [3.05, 3.63) is 83.4 Å². The van der Waals surface area contributed by atoms with Gasteiger partial charge in [0.1, 0.15) is 5.75 Å². The van der Waals surface area contributed by atoms with Crippen molar-refractivity contribution >= 4 is 47.5 Å². The van der Waals surface area contributed by atoms with Crippen molar-refractivity contribution in [1.82, 2.24) is 0 Å². The summed E-state index contributed by atoms with van der Waals surface area (Å²) < 4.78 is 30.8. The number of carbonyl (C=O) groups excluding carboxylic acids is 1. The van der Waals surface area contributed by atoms with Crippen molar-refractivity contribution in [3.63, 3.8) is 0 Å². The molecule has 0 saturated carbocycles. The van der Waals surface area contributed by atoms with E-state index >= 15 is 0 Å². The summed E-state index contributed by atoms with van der Waals surface area (Å²) >= 11 is 0. The number of fused-ring (bicyclic) bond motifs is 2. The Hall–Kier alpha value is -2.96. The van der Waals surface area contributed by atoms with E-state index in [-0.39, 0.29) is 5.75 Å². The quantitative estimate of drug-likeness (QED) is 0.130. The molecule has 3 aromatic carbocycles. The minimum absolute atomic E-state index is 0.124. The van der Waals surface area contributed by atoms with Gasteiger partial charge < -0.3 is 4.74 Å². The van der Waals surface area contributed by atoms with Crippen LogP contribution < -0.4 is 9.30 Å². The first-order valence-corrected chi connectivity index (χ1v) is 12.8. The van der Waals surface area contributed by atoms with Gasteiger partial charge in [-0.2, -0.15) is 4.57 Å². The van der Waals surface area contributed by atoms with Gasteiger partial charge >= 0.3 is 5.97 Å². The molecule has 0 aliphatic heterocycles. The summed E-state index contributed by atoms with van der Waals surface area (Å²) in [6.45, 7) is 4.27. The van der Waals surface area contributed by atoms with E-state index in [1.54, 1.807) is 0 Å². The van der Waals surface area contributed by atoms with E-state index in [4.69, 9.17) is 15.4 Å². The Morgan fingerprint density at radius 3 is 1.94 bits per heavy atom. The highest BCUT2D eigenvalue weighted by Gasteiger charge is 2.26. The molecule has 0 unspecified atom stereocenters. The number of esters is 1. The lowest BCUT2D eigenvalue weighted by atomic mass is 10.0. The van der Waals surface area contributed by atoms with E-state index in [0.717, 1.165) is 32.9 Å². The number of aromatic nitrogens is 1. The molecule has 0 saturated heterocycles. The molecule has 4 rings (SSSR count). The van der Waals surface area contributed by atoms with Crippen LogP contribution in [0.2, 0.25) is 0 Å². The van der Waals surface area contributed by atoms with Crippen LogP contribution in [-0.4, -0.2) is 20.1 Å². The highest BCUT2D eigenvalue weighted by molar-refractivity contribution is 8.13. The van der Waals surface area contributed by atoms with Crippen LogP contribution in [0, 0.1) is 13.8 Å². The molecule has 32 heavy (non-hydrogen) atoms. The second kappa shape index (κ2) is 8.88. The van der Waals surface area contributed by atoms with Crippen LogP contribution in [0.5, 0.6) is 5.75 Å². The standard InChI is InChI=1S/C25H23ClNO4S/c1-17-9-7-10-18(2)24(17)31-25(28)23-19-11-3-5-13-21(19)27(15-8-16-32(26,29)30)22-14-6-4-12-20(22)23/h3-7,9-14H,8,15-16H2,1-2H3/q+1. The van der Waals surface area contributed by atoms with Crippen molar-refractivity contribution < 1.29 is 22.5 Å². The number of rotatable bonds is 6. The molecule has 4 aromatic rings. The highest BCUT2D eigenvalue weighted by atomic mass is 35.7. The van der Waals surface area contributed by atoms with Gasteiger partial charge in [-0.25, -0.2) is 13.2 Å². The lowest BCUT2D eigenvalue weighted by Crippen LogP contribution is -2.37. The molecule has 0 atom stereocenters. The van der Waals surface area contributed by atoms with Crippen LogP contribution >= 0.6 is 10.7 Å². The molecule has 0 spiro atoms. The van der Waals surface area contributed by atoms with Gasteiger partial charge in [0.05, 0.1) is 22.1 Å². The summed E-state index contributed by atoms with van der Waals surface area (Å²) in [6.07, 6.45) is 0.358. The minimum atomic E-state index is -3.58. The number of nitrogens with zero attached hydrogens (tertiary/aromatic N) is 1. The Morgan fingerprint density at radius 1 is 0.875 bits per heavy atom. The topological polar surface area (TPSA) is 64.3 Å². The summed E-state index contributed by atoms with van der Waals surface area (Å²) in [5.41, 5.74) is 3.92. The first-order valence-electron chi connectivity index (χ1n) is 10.3. The zero-order valence-corrected chi connectivity index (χ0v) is 19.4. The number of hydrogen-bond acceptors (Lipinski definition) is 4. The lowest BCUT2D eigenvalue weighted by Gasteiger charge is -2.14. The van der Waals surface area contributed by atoms with E-state index in [9.17, 15) is 13.2 Å². The van der Waals surface area contributed by atoms with Gasteiger partial charge in [-0.3, -0.25) is 0 Å². The largest absolute Gasteiger partial charge is 0.422 e. The third-order valence-corrected chi connectivity index (χ3v) is 6.75. The molecular formula is C25H23ClNO4S+. The van der Waals surface area contributed by atoms with E-state index in [2.05, 4.69) is 0 Å². The summed E-state index contributed by atoms with van der Waals surface area (Å²) in [7, 11) is 1.83. The van der Waals surface area contributed by atoms with Crippen LogP contribution in [0.4, 0.5) is 0 Å². The van der Waals surface area contributed by atoms with Gasteiger partial charge in [-0.05, 0) is 37.1 Å². The molecular weight excluding hydrogens is 446 g/mol. The number of hydrogen-bond donors (Lipinski definition) is 0. The average Bonchev–Trinajstić information content (AvgIpc) is 2.75. The normalized spacial score (nSPS) is 11.7. The molecule has 1 aromatic heterocycles. The molecule has 7 heteroatoms. The third-order valence-electron chi connectivity index (χ3n) is 5.51. The second-order valence-corrected chi connectivity index (χ2v) is 10.7. The molecule has 5 nitrogen and oxygen atoms in total. The van der Waals surface area contributed by atoms with Crippen molar-refractivity contribution in [2.75, 3.05) is 5.75 Å². The number of ether oxygens (including phenoxy) is 1. The number of halogens is 1. The monoisotopic (exact) mass is 468 g/mol. The number of benzene rings is 3.